The number of rotatable bonds is 2. The summed E-state index contributed by atoms with van der Waals surface area (Å²) < 4.78 is 73.5. The molecule has 0 radical (unpaired) electrons. The molecule has 0 saturated heterocycles. The lowest BCUT2D eigenvalue weighted by molar-refractivity contribution is 0.470. The summed E-state index contributed by atoms with van der Waals surface area (Å²) in [7, 11) is -9.56. The van der Waals surface area contributed by atoms with Crippen molar-refractivity contribution >= 4 is 20.2 Å². The Bertz CT molecular complexity index is 631. The maximum absolute atomic E-state index is 13.3. The number of benzene rings is 1. The molecule has 1 rings (SSSR count). The first-order chi connectivity index (χ1) is 7.03. The lowest BCUT2D eigenvalue weighted by atomic mass is 10.2. The van der Waals surface area contributed by atoms with Gasteiger partial charge in [0.05, 0.1) is 4.90 Å². The monoisotopic (exact) mass is 270 g/mol. The van der Waals surface area contributed by atoms with Crippen LogP contribution in [0.1, 0.15) is 5.56 Å². The van der Waals surface area contributed by atoms with E-state index in [0.717, 1.165) is 13.0 Å². The van der Waals surface area contributed by atoms with Crippen molar-refractivity contribution < 1.29 is 30.3 Å². The molecule has 0 fully saturated rings. The zero-order valence-corrected chi connectivity index (χ0v) is 9.51. The second kappa shape index (κ2) is 3.77. The summed E-state index contributed by atoms with van der Waals surface area (Å²) in [5.41, 5.74) is -0.331. The highest BCUT2D eigenvalue weighted by Gasteiger charge is 2.22. The highest BCUT2D eigenvalue weighted by atomic mass is 32.2. The fourth-order valence-electron chi connectivity index (χ4n) is 1.04. The van der Waals surface area contributed by atoms with Crippen molar-refractivity contribution in [2.75, 3.05) is 0 Å². The van der Waals surface area contributed by atoms with Crippen LogP contribution in [0.2, 0.25) is 0 Å². The van der Waals surface area contributed by atoms with E-state index in [-0.39, 0.29) is 5.56 Å². The first kappa shape index (κ1) is 13.0. The molecule has 0 unspecified atom stereocenters. The summed E-state index contributed by atoms with van der Waals surface area (Å²) in [6.45, 7) is 1.10. The van der Waals surface area contributed by atoms with E-state index in [2.05, 4.69) is 0 Å². The SMILES string of the molecule is Cc1cc(S(=O)(=O)O)cc(S(=O)(=O)O)c1F. The van der Waals surface area contributed by atoms with Gasteiger partial charge in [-0.25, -0.2) is 4.39 Å². The molecular formula is C7H7FO6S2. The summed E-state index contributed by atoms with van der Waals surface area (Å²) in [6, 6.07) is 1.09. The van der Waals surface area contributed by atoms with Crippen LogP contribution in [-0.4, -0.2) is 25.9 Å². The number of halogens is 1. The van der Waals surface area contributed by atoms with E-state index < -0.39 is 35.8 Å². The number of aryl methyl sites for hydroxylation is 1. The molecule has 0 aliphatic carbocycles. The van der Waals surface area contributed by atoms with Crippen LogP contribution in [0.5, 0.6) is 0 Å². The van der Waals surface area contributed by atoms with Crippen molar-refractivity contribution in [1.82, 2.24) is 0 Å². The van der Waals surface area contributed by atoms with Crippen LogP contribution in [0.15, 0.2) is 21.9 Å². The first-order valence-corrected chi connectivity index (χ1v) is 6.66. The van der Waals surface area contributed by atoms with Crippen molar-refractivity contribution in [3.8, 4) is 0 Å². The molecule has 1 aromatic carbocycles. The fourth-order valence-corrected chi connectivity index (χ4v) is 2.37. The van der Waals surface area contributed by atoms with E-state index in [9.17, 15) is 21.2 Å². The predicted molar refractivity (Wildman–Crippen MR) is 50.8 cm³/mol. The van der Waals surface area contributed by atoms with Crippen LogP contribution < -0.4 is 0 Å². The Morgan fingerprint density at radius 1 is 1.06 bits per heavy atom. The van der Waals surface area contributed by atoms with Crippen molar-refractivity contribution in [3.05, 3.63) is 23.5 Å². The van der Waals surface area contributed by atoms with Crippen LogP contribution >= 0.6 is 0 Å². The maximum Gasteiger partial charge on any atom is 0.297 e. The Morgan fingerprint density at radius 3 is 1.94 bits per heavy atom. The van der Waals surface area contributed by atoms with Gasteiger partial charge in [0.2, 0.25) is 0 Å². The topological polar surface area (TPSA) is 109 Å². The standard InChI is InChI=1S/C7H7FO6S2/c1-4-2-5(15(9,10)11)3-6(7(4)8)16(12,13)14/h2-3H,1H3,(H,9,10,11)(H,12,13,14). The van der Waals surface area contributed by atoms with Crippen molar-refractivity contribution in [2.24, 2.45) is 0 Å². The Balaban J connectivity index is 3.72. The normalized spacial score (nSPS) is 12.8. The Hall–Kier alpha value is -1.03. The molecule has 0 aliphatic rings. The van der Waals surface area contributed by atoms with Crippen LogP contribution in [0.25, 0.3) is 0 Å². The molecule has 1 aromatic rings. The minimum atomic E-state index is -4.89. The van der Waals surface area contributed by atoms with Gasteiger partial charge in [0.1, 0.15) is 10.7 Å². The van der Waals surface area contributed by atoms with Gasteiger partial charge in [0, 0.05) is 0 Å². The summed E-state index contributed by atoms with van der Waals surface area (Å²) in [5.74, 6) is -1.27. The van der Waals surface area contributed by atoms with Crippen LogP contribution in [0, 0.1) is 12.7 Å². The predicted octanol–water partition coefficient (Wildman–Crippen LogP) is 0.628. The third kappa shape index (κ3) is 2.55. The van der Waals surface area contributed by atoms with Gasteiger partial charge in [-0.15, -0.1) is 0 Å². The van der Waals surface area contributed by atoms with E-state index in [1.807, 2.05) is 0 Å². The van der Waals surface area contributed by atoms with Crippen molar-refractivity contribution in [1.29, 1.82) is 0 Å². The highest BCUT2D eigenvalue weighted by Crippen LogP contribution is 2.22. The molecule has 9 heteroatoms. The molecule has 0 aromatic heterocycles. The van der Waals surface area contributed by atoms with Gasteiger partial charge in [-0.2, -0.15) is 16.8 Å². The summed E-state index contributed by atoms with van der Waals surface area (Å²) >= 11 is 0. The van der Waals surface area contributed by atoms with Gasteiger partial charge in [0.25, 0.3) is 20.2 Å². The molecule has 90 valence electrons. The zero-order chi connectivity index (χ0) is 12.7. The Kier molecular flexibility index (Phi) is 3.07. The van der Waals surface area contributed by atoms with E-state index >= 15 is 0 Å². The fraction of sp³-hybridized carbons (Fsp3) is 0.143. The third-order valence-electron chi connectivity index (χ3n) is 1.77. The molecule has 0 amide bonds. The van der Waals surface area contributed by atoms with Gasteiger partial charge in [-0.05, 0) is 24.6 Å². The molecule has 16 heavy (non-hydrogen) atoms. The number of hydrogen-bond donors (Lipinski definition) is 2. The van der Waals surface area contributed by atoms with Crippen LogP contribution in [0.4, 0.5) is 4.39 Å². The Morgan fingerprint density at radius 2 is 1.56 bits per heavy atom. The van der Waals surface area contributed by atoms with E-state index in [0.29, 0.717) is 6.07 Å². The summed E-state index contributed by atoms with van der Waals surface area (Å²) in [4.78, 5) is -2.00. The number of hydrogen-bond acceptors (Lipinski definition) is 4. The quantitative estimate of drug-likeness (QED) is 0.763. The third-order valence-corrected chi connectivity index (χ3v) is 3.45. The van der Waals surface area contributed by atoms with E-state index in [1.54, 1.807) is 0 Å². The summed E-state index contributed by atoms with van der Waals surface area (Å²) in [6.07, 6.45) is 0. The zero-order valence-electron chi connectivity index (χ0n) is 7.88. The molecule has 6 nitrogen and oxygen atoms in total. The van der Waals surface area contributed by atoms with Crippen LogP contribution in [0.3, 0.4) is 0 Å². The van der Waals surface area contributed by atoms with Crippen LogP contribution in [-0.2, 0) is 20.2 Å². The molecule has 0 spiro atoms. The molecule has 0 bridgehead atoms. The van der Waals surface area contributed by atoms with Gasteiger partial charge < -0.3 is 0 Å². The first-order valence-electron chi connectivity index (χ1n) is 3.78. The lowest BCUT2D eigenvalue weighted by Gasteiger charge is -2.05. The van der Waals surface area contributed by atoms with E-state index in [1.165, 1.54) is 0 Å². The molecule has 0 heterocycles. The average molecular weight is 270 g/mol. The molecule has 0 aliphatic heterocycles. The Labute approximate surface area is 91.2 Å². The van der Waals surface area contributed by atoms with Gasteiger partial charge in [0.15, 0.2) is 0 Å². The van der Waals surface area contributed by atoms with E-state index in [4.69, 9.17) is 9.11 Å². The minimum Gasteiger partial charge on any atom is -0.282 e. The van der Waals surface area contributed by atoms with Gasteiger partial charge >= 0.3 is 0 Å². The summed E-state index contributed by atoms with van der Waals surface area (Å²) in [5, 5.41) is 0. The second-order valence-electron chi connectivity index (χ2n) is 3.00. The smallest absolute Gasteiger partial charge is 0.282 e. The van der Waals surface area contributed by atoms with Crippen molar-refractivity contribution in [3.63, 3.8) is 0 Å². The molecule has 0 atom stereocenters. The molecular weight excluding hydrogens is 263 g/mol. The lowest BCUT2D eigenvalue weighted by Crippen LogP contribution is -2.07. The molecule has 0 saturated carbocycles. The molecule has 2 N–H and O–H groups in total. The average Bonchev–Trinajstić information content (AvgIpc) is 2.05. The van der Waals surface area contributed by atoms with Gasteiger partial charge in [-0.1, -0.05) is 0 Å². The highest BCUT2D eigenvalue weighted by molar-refractivity contribution is 7.86. The minimum absolute atomic E-state index is 0.331. The maximum atomic E-state index is 13.3. The van der Waals surface area contributed by atoms with Gasteiger partial charge in [-0.3, -0.25) is 9.11 Å². The second-order valence-corrected chi connectivity index (χ2v) is 5.81. The van der Waals surface area contributed by atoms with Crippen molar-refractivity contribution in [2.45, 2.75) is 16.7 Å². The largest absolute Gasteiger partial charge is 0.297 e.